The molecule has 5 rings (SSSR count). The number of hydrogen-bond donors (Lipinski definition) is 4. The molecule has 1 aliphatic rings. The van der Waals surface area contributed by atoms with E-state index in [0.717, 1.165) is 22.3 Å². The van der Waals surface area contributed by atoms with E-state index in [1.165, 1.54) is 12.4 Å². The predicted octanol–water partition coefficient (Wildman–Crippen LogP) is 3.15. The molecule has 1 aromatic heterocycles. The second kappa shape index (κ2) is 9.09. The molecule has 172 valence electrons. The van der Waals surface area contributed by atoms with Crippen molar-refractivity contribution in [1.82, 2.24) is 15.3 Å². The molecule has 1 heterocycles. The zero-order valence-corrected chi connectivity index (χ0v) is 18.3. The number of alkyl carbamates (subject to hydrolysis) is 1. The second-order valence-corrected chi connectivity index (χ2v) is 8.21. The second-order valence-electron chi connectivity index (χ2n) is 8.21. The van der Waals surface area contributed by atoms with Crippen molar-refractivity contribution < 1.29 is 19.7 Å². The number of carbonyl (C=O) groups is 1. The van der Waals surface area contributed by atoms with Crippen LogP contribution in [0.5, 0.6) is 0 Å². The number of aromatic nitrogens is 2. The molecule has 0 spiro atoms. The minimum Gasteiger partial charge on any atom is -0.449 e. The molecule has 5 N–H and O–H groups in total. The lowest BCUT2D eigenvalue weighted by molar-refractivity contribution is 0.0197. The quantitative estimate of drug-likeness (QED) is 0.328. The Hall–Kier alpha value is -4.01. The fourth-order valence-electron chi connectivity index (χ4n) is 4.53. The van der Waals surface area contributed by atoms with Gasteiger partial charge in [-0.25, -0.2) is 4.79 Å². The first-order valence-corrected chi connectivity index (χ1v) is 11.0. The van der Waals surface area contributed by atoms with Crippen LogP contribution < -0.4 is 11.1 Å². The number of amides is 1. The molecule has 8 heteroatoms. The van der Waals surface area contributed by atoms with Gasteiger partial charge in [-0.3, -0.25) is 9.97 Å². The molecule has 0 fully saturated rings. The van der Waals surface area contributed by atoms with Gasteiger partial charge < -0.3 is 26.0 Å². The number of nitrogens with two attached hydrogens (primary N) is 1. The van der Waals surface area contributed by atoms with Crippen LogP contribution >= 0.6 is 0 Å². The summed E-state index contributed by atoms with van der Waals surface area (Å²) in [6, 6.07) is 19.4. The van der Waals surface area contributed by atoms with Crippen LogP contribution in [0.2, 0.25) is 0 Å². The molecule has 2 atom stereocenters. The zero-order valence-electron chi connectivity index (χ0n) is 18.3. The lowest BCUT2D eigenvalue weighted by Crippen LogP contribution is -2.36. The van der Waals surface area contributed by atoms with E-state index < -0.39 is 18.3 Å². The Morgan fingerprint density at radius 1 is 0.971 bits per heavy atom. The van der Waals surface area contributed by atoms with Gasteiger partial charge in [0.25, 0.3) is 0 Å². The van der Waals surface area contributed by atoms with Crippen LogP contribution in [-0.4, -0.2) is 45.5 Å². The van der Waals surface area contributed by atoms with Gasteiger partial charge in [0, 0.05) is 36.1 Å². The minimum atomic E-state index is -1.37. The SMILES string of the molecule is Nc1ccc2nccnc2c1C(O)C(O)CNC(=O)OCC1c2ccccc2-c2ccccc21. The lowest BCUT2D eigenvalue weighted by atomic mass is 9.98. The maximum absolute atomic E-state index is 12.4. The predicted molar refractivity (Wildman–Crippen MR) is 128 cm³/mol. The van der Waals surface area contributed by atoms with Gasteiger partial charge in [-0.2, -0.15) is 0 Å². The fourth-order valence-corrected chi connectivity index (χ4v) is 4.53. The van der Waals surface area contributed by atoms with Crippen molar-refractivity contribution in [2.45, 2.75) is 18.1 Å². The highest BCUT2D eigenvalue weighted by molar-refractivity contribution is 5.83. The molecule has 0 aliphatic heterocycles. The van der Waals surface area contributed by atoms with Crippen molar-refractivity contribution in [2.24, 2.45) is 0 Å². The van der Waals surface area contributed by atoms with Gasteiger partial charge in [0.05, 0.1) is 11.0 Å². The largest absolute Gasteiger partial charge is 0.449 e. The van der Waals surface area contributed by atoms with E-state index >= 15 is 0 Å². The number of fused-ring (bicyclic) bond motifs is 4. The van der Waals surface area contributed by atoms with Crippen LogP contribution in [0.4, 0.5) is 10.5 Å². The highest BCUT2D eigenvalue weighted by atomic mass is 16.5. The molecule has 0 radical (unpaired) electrons. The summed E-state index contributed by atoms with van der Waals surface area (Å²) in [5, 5.41) is 23.8. The first-order chi connectivity index (χ1) is 16.5. The maximum Gasteiger partial charge on any atom is 0.407 e. The Morgan fingerprint density at radius 3 is 2.32 bits per heavy atom. The van der Waals surface area contributed by atoms with Gasteiger partial charge >= 0.3 is 6.09 Å². The summed E-state index contributed by atoms with van der Waals surface area (Å²) in [4.78, 5) is 20.8. The summed E-state index contributed by atoms with van der Waals surface area (Å²) in [7, 11) is 0. The van der Waals surface area contributed by atoms with Crippen LogP contribution in [0.1, 0.15) is 28.7 Å². The highest BCUT2D eigenvalue weighted by Crippen LogP contribution is 2.44. The topological polar surface area (TPSA) is 131 Å². The fraction of sp³-hybridized carbons (Fsp3) is 0.192. The third-order valence-electron chi connectivity index (χ3n) is 6.17. The van der Waals surface area contributed by atoms with E-state index in [9.17, 15) is 15.0 Å². The van der Waals surface area contributed by atoms with E-state index in [2.05, 4.69) is 27.4 Å². The van der Waals surface area contributed by atoms with Gasteiger partial charge in [0.15, 0.2) is 0 Å². The number of anilines is 1. The Labute approximate surface area is 196 Å². The summed E-state index contributed by atoms with van der Waals surface area (Å²) in [5.41, 5.74) is 12.0. The normalized spacial score (nSPS) is 14.3. The van der Waals surface area contributed by atoms with Crippen molar-refractivity contribution in [3.8, 4) is 11.1 Å². The standard InChI is InChI=1S/C26H24N4O4/c27-20-9-10-21-24(29-12-11-28-21)23(20)25(32)22(31)13-30-26(33)34-14-19-17-7-3-1-5-15(17)16-6-2-4-8-18(16)19/h1-12,19,22,25,31-32H,13-14,27H2,(H,30,33). The van der Waals surface area contributed by atoms with Crippen molar-refractivity contribution in [2.75, 3.05) is 18.9 Å². The van der Waals surface area contributed by atoms with Crippen molar-refractivity contribution in [3.05, 3.63) is 89.7 Å². The molecule has 34 heavy (non-hydrogen) atoms. The van der Waals surface area contributed by atoms with Gasteiger partial charge in [0.1, 0.15) is 18.8 Å². The highest BCUT2D eigenvalue weighted by Gasteiger charge is 2.29. The molecule has 4 aromatic rings. The summed E-state index contributed by atoms with van der Waals surface area (Å²) in [5.74, 6) is -0.0669. The smallest absolute Gasteiger partial charge is 0.407 e. The van der Waals surface area contributed by atoms with Crippen LogP contribution in [-0.2, 0) is 4.74 Å². The van der Waals surface area contributed by atoms with Crippen molar-refractivity contribution in [3.63, 3.8) is 0 Å². The molecular weight excluding hydrogens is 432 g/mol. The number of nitrogen functional groups attached to an aromatic ring is 1. The molecule has 2 unspecified atom stereocenters. The lowest BCUT2D eigenvalue weighted by Gasteiger charge is -2.21. The third kappa shape index (κ3) is 3.93. The molecular formula is C26H24N4O4. The van der Waals surface area contributed by atoms with Crippen LogP contribution in [0.3, 0.4) is 0 Å². The number of ether oxygens (including phenoxy) is 1. The summed E-state index contributed by atoms with van der Waals surface area (Å²) < 4.78 is 5.48. The van der Waals surface area contributed by atoms with Crippen molar-refractivity contribution >= 4 is 22.8 Å². The molecule has 1 aliphatic carbocycles. The monoisotopic (exact) mass is 456 g/mol. The maximum atomic E-state index is 12.4. The van der Waals surface area contributed by atoms with E-state index in [-0.39, 0.29) is 30.3 Å². The first kappa shape index (κ1) is 21.8. The van der Waals surface area contributed by atoms with Gasteiger partial charge in [-0.05, 0) is 34.4 Å². The number of carbonyl (C=O) groups excluding carboxylic acids is 1. The Morgan fingerprint density at radius 2 is 1.62 bits per heavy atom. The number of nitrogens with zero attached hydrogens (tertiary/aromatic N) is 2. The number of aliphatic hydroxyl groups excluding tert-OH is 2. The third-order valence-corrected chi connectivity index (χ3v) is 6.17. The van der Waals surface area contributed by atoms with E-state index in [1.807, 2.05) is 36.4 Å². The average Bonchev–Trinajstić information content (AvgIpc) is 3.19. The molecule has 1 amide bonds. The van der Waals surface area contributed by atoms with Gasteiger partial charge in [0.2, 0.25) is 0 Å². The number of hydrogen-bond acceptors (Lipinski definition) is 7. The van der Waals surface area contributed by atoms with E-state index in [0.29, 0.717) is 11.0 Å². The van der Waals surface area contributed by atoms with Crippen LogP contribution in [0.25, 0.3) is 22.2 Å². The average molecular weight is 457 g/mol. The zero-order chi connectivity index (χ0) is 23.7. The number of rotatable bonds is 6. The van der Waals surface area contributed by atoms with Gasteiger partial charge in [-0.1, -0.05) is 48.5 Å². The molecule has 0 bridgehead atoms. The minimum absolute atomic E-state index is 0.0669. The van der Waals surface area contributed by atoms with E-state index in [1.54, 1.807) is 12.1 Å². The van der Waals surface area contributed by atoms with Crippen molar-refractivity contribution in [1.29, 1.82) is 0 Å². The molecule has 0 saturated carbocycles. The Kier molecular flexibility index (Phi) is 5.83. The number of aliphatic hydroxyl groups is 2. The Balaban J connectivity index is 1.23. The number of benzene rings is 3. The number of nitrogens with one attached hydrogen (secondary N) is 1. The molecule has 3 aromatic carbocycles. The Bertz CT molecular complexity index is 1310. The molecule has 0 saturated heterocycles. The molecule has 8 nitrogen and oxygen atoms in total. The van der Waals surface area contributed by atoms with Gasteiger partial charge in [-0.15, -0.1) is 0 Å². The van der Waals surface area contributed by atoms with Crippen LogP contribution in [0.15, 0.2) is 73.1 Å². The van der Waals surface area contributed by atoms with Crippen LogP contribution in [0, 0.1) is 0 Å². The van der Waals surface area contributed by atoms with E-state index in [4.69, 9.17) is 10.5 Å². The summed E-state index contributed by atoms with van der Waals surface area (Å²) in [6.45, 7) is -0.0711. The summed E-state index contributed by atoms with van der Waals surface area (Å²) >= 11 is 0. The summed E-state index contributed by atoms with van der Waals surface area (Å²) in [6.07, 6.45) is -0.355. The first-order valence-electron chi connectivity index (χ1n) is 11.0.